The highest BCUT2D eigenvalue weighted by Crippen LogP contribution is 2.25. The second kappa shape index (κ2) is 6.69. The molecule has 0 heterocycles. The van der Waals surface area contributed by atoms with Crippen LogP contribution in [0.5, 0.6) is 5.75 Å². The molecule has 7 nitrogen and oxygen atoms in total. The van der Waals surface area contributed by atoms with Gasteiger partial charge in [0.1, 0.15) is 16.7 Å². The lowest BCUT2D eigenvalue weighted by atomic mass is 10.2. The monoisotopic (exact) mass is 303 g/mol. The standard InChI is InChI=1S/C12H17NO6S/c1-8(12(14)15)13-20(16,17)11-6-9(7-18-2)4-5-10(11)19-3/h4-6,8,13H,7H2,1-3H3,(H,14,15)/t8-/m1/s1. The van der Waals surface area contributed by atoms with Crippen molar-refractivity contribution in [1.29, 1.82) is 0 Å². The first-order chi connectivity index (χ1) is 9.31. The molecule has 20 heavy (non-hydrogen) atoms. The highest BCUT2D eigenvalue weighted by molar-refractivity contribution is 7.89. The van der Waals surface area contributed by atoms with E-state index in [2.05, 4.69) is 4.72 Å². The van der Waals surface area contributed by atoms with E-state index in [1.165, 1.54) is 33.3 Å². The maximum atomic E-state index is 12.2. The fourth-order valence-electron chi connectivity index (χ4n) is 1.53. The third kappa shape index (κ3) is 3.92. The molecule has 0 aliphatic heterocycles. The molecule has 1 rings (SSSR count). The number of nitrogens with one attached hydrogen (secondary N) is 1. The Bertz CT molecular complexity index is 584. The zero-order valence-electron chi connectivity index (χ0n) is 11.4. The van der Waals surface area contributed by atoms with Crippen molar-refractivity contribution in [2.24, 2.45) is 0 Å². The summed E-state index contributed by atoms with van der Waals surface area (Å²) in [4.78, 5) is 10.6. The lowest BCUT2D eigenvalue weighted by Crippen LogP contribution is -2.38. The van der Waals surface area contributed by atoms with E-state index in [1.807, 2.05) is 0 Å². The van der Waals surface area contributed by atoms with E-state index in [1.54, 1.807) is 6.07 Å². The maximum Gasteiger partial charge on any atom is 0.321 e. The molecular formula is C12H17NO6S. The van der Waals surface area contributed by atoms with Crippen LogP contribution in [0.25, 0.3) is 0 Å². The molecule has 0 aromatic heterocycles. The van der Waals surface area contributed by atoms with Gasteiger partial charge in [0, 0.05) is 7.11 Å². The van der Waals surface area contributed by atoms with E-state index < -0.39 is 22.0 Å². The van der Waals surface area contributed by atoms with Crippen molar-refractivity contribution in [1.82, 2.24) is 4.72 Å². The van der Waals surface area contributed by atoms with Crippen molar-refractivity contribution < 1.29 is 27.8 Å². The molecule has 0 bridgehead atoms. The lowest BCUT2D eigenvalue weighted by molar-refractivity contribution is -0.138. The van der Waals surface area contributed by atoms with Gasteiger partial charge in [0.15, 0.2) is 0 Å². The predicted octanol–water partition coefficient (Wildman–Crippen LogP) is 0.593. The largest absolute Gasteiger partial charge is 0.495 e. The summed E-state index contributed by atoms with van der Waals surface area (Å²) >= 11 is 0. The Morgan fingerprint density at radius 3 is 2.55 bits per heavy atom. The molecule has 1 atom stereocenters. The van der Waals surface area contributed by atoms with Crippen LogP contribution < -0.4 is 9.46 Å². The number of benzene rings is 1. The Labute approximate surface area is 117 Å². The summed E-state index contributed by atoms with van der Waals surface area (Å²) in [6.45, 7) is 1.48. The summed E-state index contributed by atoms with van der Waals surface area (Å²) in [6.07, 6.45) is 0. The molecule has 1 aromatic rings. The number of methoxy groups -OCH3 is 2. The van der Waals surface area contributed by atoms with Gasteiger partial charge in [-0.25, -0.2) is 8.42 Å². The summed E-state index contributed by atoms with van der Waals surface area (Å²) in [5, 5.41) is 8.78. The highest BCUT2D eigenvalue weighted by Gasteiger charge is 2.25. The van der Waals surface area contributed by atoms with Crippen LogP contribution in [0.4, 0.5) is 0 Å². The third-order valence-electron chi connectivity index (χ3n) is 2.53. The smallest absolute Gasteiger partial charge is 0.321 e. The second-order valence-electron chi connectivity index (χ2n) is 4.10. The fourth-order valence-corrected chi connectivity index (χ4v) is 2.95. The fraction of sp³-hybridized carbons (Fsp3) is 0.417. The molecular weight excluding hydrogens is 286 g/mol. The van der Waals surface area contributed by atoms with Crippen LogP contribution in [-0.2, 0) is 26.2 Å². The molecule has 0 fully saturated rings. The Morgan fingerprint density at radius 2 is 2.05 bits per heavy atom. The maximum absolute atomic E-state index is 12.2. The molecule has 8 heteroatoms. The van der Waals surface area contributed by atoms with Crippen LogP contribution in [0.2, 0.25) is 0 Å². The number of ether oxygens (including phenoxy) is 2. The van der Waals surface area contributed by atoms with Crippen LogP contribution in [-0.4, -0.2) is 39.8 Å². The van der Waals surface area contributed by atoms with Crippen LogP contribution in [0.1, 0.15) is 12.5 Å². The first-order valence-corrected chi connectivity index (χ1v) is 7.21. The van der Waals surface area contributed by atoms with Gasteiger partial charge >= 0.3 is 5.97 Å². The average molecular weight is 303 g/mol. The van der Waals surface area contributed by atoms with Gasteiger partial charge in [0.2, 0.25) is 10.0 Å². The molecule has 2 N–H and O–H groups in total. The number of rotatable bonds is 7. The first kappa shape index (κ1) is 16.4. The number of carboxylic acids is 1. The molecule has 0 unspecified atom stereocenters. The first-order valence-electron chi connectivity index (χ1n) is 5.72. The van der Waals surface area contributed by atoms with E-state index in [-0.39, 0.29) is 17.3 Å². The topological polar surface area (TPSA) is 102 Å². The SMILES string of the molecule is COCc1ccc(OC)c(S(=O)(=O)N[C@H](C)C(=O)O)c1. The lowest BCUT2D eigenvalue weighted by Gasteiger charge is -2.14. The van der Waals surface area contributed by atoms with Gasteiger partial charge < -0.3 is 14.6 Å². The van der Waals surface area contributed by atoms with Crippen LogP contribution in [0.3, 0.4) is 0 Å². The zero-order valence-corrected chi connectivity index (χ0v) is 12.2. The molecule has 1 aromatic carbocycles. The highest BCUT2D eigenvalue weighted by atomic mass is 32.2. The summed E-state index contributed by atoms with van der Waals surface area (Å²) in [5.74, 6) is -1.13. The van der Waals surface area contributed by atoms with Gasteiger partial charge in [0.05, 0.1) is 13.7 Å². The molecule has 0 amide bonds. The Morgan fingerprint density at radius 1 is 1.40 bits per heavy atom. The Balaban J connectivity index is 3.20. The van der Waals surface area contributed by atoms with Gasteiger partial charge in [0.25, 0.3) is 0 Å². The number of aliphatic carboxylic acids is 1. The predicted molar refractivity (Wildman–Crippen MR) is 71.1 cm³/mol. The van der Waals surface area contributed by atoms with Gasteiger partial charge in [-0.2, -0.15) is 4.72 Å². The van der Waals surface area contributed by atoms with Gasteiger partial charge in [-0.3, -0.25) is 4.79 Å². The molecule has 112 valence electrons. The minimum Gasteiger partial charge on any atom is -0.495 e. The van der Waals surface area contributed by atoms with Gasteiger partial charge in [-0.15, -0.1) is 0 Å². The summed E-state index contributed by atoms with van der Waals surface area (Å²) < 4.78 is 36.4. The molecule has 0 saturated heterocycles. The second-order valence-corrected chi connectivity index (χ2v) is 5.78. The van der Waals surface area contributed by atoms with Crippen molar-refractivity contribution in [3.8, 4) is 5.75 Å². The zero-order chi connectivity index (χ0) is 15.3. The molecule has 0 saturated carbocycles. The number of carbonyl (C=O) groups is 1. The van der Waals surface area contributed by atoms with Crippen molar-refractivity contribution >= 4 is 16.0 Å². The molecule has 0 aliphatic carbocycles. The third-order valence-corrected chi connectivity index (χ3v) is 4.09. The van der Waals surface area contributed by atoms with Crippen LogP contribution in [0, 0.1) is 0 Å². The van der Waals surface area contributed by atoms with E-state index in [4.69, 9.17) is 14.6 Å². The average Bonchev–Trinajstić information content (AvgIpc) is 2.38. The van der Waals surface area contributed by atoms with E-state index >= 15 is 0 Å². The number of sulfonamides is 1. The summed E-state index contributed by atoms with van der Waals surface area (Å²) in [7, 11) is -1.17. The normalized spacial score (nSPS) is 12.9. The van der Waals surface area contributed by atoms with Crippen molar-refractivity contribution in [2.45, 2.75) is 24.5 Å². The van der Waals surface area contributed by atoms with Gasteiger partial charge in [-0.1, -0.05) is 6.07 Å². The van der Waals surface area contributed by atoms with E-state index in [9.17, 15) is 13.2 Å². The summed E-state index contributed by atoms with van der Waals surface area (Å²) in [6, 6.07) is 3.31. The van der Waals surface area contributed by atoms with Crippen molar-refractivity contribution in [2.75, 3.05) is 14.2 Å². The van der Waals surface area contributed by atoms with E-state index in [0.29, 0.717) is 5.56 Å². The van der Waals surface area contributed by atoms with Crippen molar-refractivity contribution in [3.63, 3.8) is 0 Å². The van der Waals surface area contributed by atoms with Crippen LogP contribution in [0.15, 0.2) is 23.1 Å². The molecule has 0 radical (unpaired) electrons. The quantitative estimate of drug-likeness (QED) is 0.764. The van der Waals surface area contributed by atoms with Crippen LogP contribution >= 0.6 is 0 Å². The molecule has 0 spiro atoms. The summed E-state index contributed by atoms with van der Waals surface area (Å²) in [5.41, 5.74) is 0.636. The minimum absolute atomic E-state index is 0.123. The molecule has 0 aliphatic rings. The van der Waals surface area contributed by atoms with E-state index in [0.717, 1.165) is 0 Å². The minimum atomic E-state index is -4.00. The van der Waals surface area contributed by atoms with Crippen molar-refractivity contribution in [3.05, 3.63) is 23.8 Å². The van der Waals surface area contributed by atoms with Gasteiger partial charge in [-0.05, 0) is 24.6 Å². The Kier molecular flexibility index (Phi) is 5.49. The number of carboxylic acid groups (broad SMARTS) is 1. The Hall–Kier alpha value is -1.64. The number of hydrogen-bond donors (Lipinski definition) is 2. The number of hydrogen-bond acceptors (Lipinski definition) is 5.